The second-order valence-corrected chi connectivity index (χ2v) is 7.32. The van der Waals surface area contributed by atoms with Gasteiger partial charge in [0, 0.05) is 30.3 Å². The highest BCUT2D eigenvalue weighted by Gasteiger charge is 2.22. The molecule has 5 nitrogen and oxygen atoms in total. The van der Waals surface area contributed by atoms with E-state index in [1.165, 1.54) is 17.9 Å². The fourth-order valence-electron chi connectivity index (χ4n) is 2.35. The molecule has 2 fully saturated rings. The first kappa shape index (κ1) is 13.7. The standard InChI is InChI=1S/C12H20N4OS2/c1-2-13-3-5-16(4-1)8-11-14-12(15-17-11)10-9-18-6-7-19-10/h10,13H,1-9H2. The van der Waals surface area contributed by atoms with E-state index in [0.717, 1.165) is 50.2 Å². The van der Waals surface area contributed by atoms with Crippen LogP contribution in [-0.4, -0.2) is 58.5 Å². The summed E-state index contributed by atoms with van der Waals surface area (Å²) in [7, 11) is 0. The zero-order valence-electron chi connectivity index (χ0n) is 11.0. The summed E-state index contributed by atoms with van der Waals surface area (Å²) in [4.78, 5) is 6.97. The maximum Gasteiger partial charge on any atom is 0.240 e. The van der Waals surface area contributed by atoms with Crippen LogP contribution in [0.1, 0.15) is 23.4 Å². The molecule has 1 unspecified atom stereocenters. The second kappa shape index (κ2) is 6.97. The SMILES string of the molecule is C1CNCCN(Cc2nc(C3CSCCS3)no2)C1. The highest BCUT2D eigenvalue weighted by atomic mass is 32.2. The van der Waals surface area contributed by atoms with Gasteiger partial charge in [-0.1, -0.05) is 5.16 Å². The minimum absolute atomic E-state index is 0.419. The smallest absolute Gasteiger partial charge is 0.240 e. The van der Waals surface area contributed by atoms with E-state index in [4.69, 9.17) is 4.52 Å². The van der Waals surface area contributed by atoms with Gasteiger partial charge in [0.15, 0.2) is 5.82 Å². The summed E-state index contributed by atoms with van der Waals surface area (Å²) in [6.07, 6.45) is 1.19. The molecule has 2 aliphatic heterocycles. The fraction of sp³-hybridized carbons (Fsp3) is 0.833. The van der Waals surface area contributed by atoms with E-state index in [0.29, 0.717) is 5.25 Å². The average molecular weight is 300 g/mol. The summed E-state index contributed by atoms with van der Waals surface area (Å²) in [5.74, 6) is 5.20. The predicted molar refractivity (Wildman–Crippen MR) is 79.6 cm³/mol. The molecule has 1 N–H and O–H groups in total. The molecule has 0 radical (unpaired) electrons. The van der Waals surface area contributed by atoms with Crippen LogP contribution in [0.25, 0.3) is 0 Å². The van der Waals surface area contributed by atoms with Crippen LogP contribution in [0.2, 0.25) is 0 Å². The predicted octanol–water partition coefficient (Wildman–Crippen LogP) is 1.39. The molecule has 19 heavy (non-hydrogen) atoms. The molecular weight excluding hydrogens is 280 g/mol. The lowest BCUT2D eigenvalue weighted by molar-refractivity contribution is 0.238. The monoisotopic (exact) mass is 300 g/mol. The number of nitrogens with zero attached hydrogens (tertiary/aromatic N) is 3. The lowest BCUT2D eigenvalue weighted by atomic mass is 10.4. The number of aromatic nitrogens is 2. The van der Waals surface area contributed by atoms with Gasteiger partial charge in [0.05, 0.1) is 11.8 Å². The van der Waals surface area contributed by atoms with Crippen molar-refractivity contribution in [2.45, 2.75) is 18.2 Å². The van der Waals surface area contributed by atoms with E-state index >= 15 is 0 Å². The van der Waals surface area contributed by atoms with Crippen molar-refractivity contribution in [1.82, 2.24) is 20.4 Å². The third kappa shape index (κ3) is 3.87. The molecule has 0 aromatic carbocycles. The van der Waals surface area contributed by atoms with E-state index < -0.39 is 0 Å². The van der Waals surface area contributed by atoms with Gasteiger partial charge >= 0.3 is 0 Å². The molecule has 3 rings (SSSR count). The minimum atomic E-state index is 0.419. The van der Waals surface area contributed by atoms with Crippen molar-refractivity contribution < 1.29 is 4.52 Å². The number of rotatable bonds is 3. The van der Waals surface area contributed by atoms with E-state index in [1.54, 1.807) is 0 Å². The van der Waals surface area contributed by atoms with Crippen LogP contribution in [0.5, 0.6) is 0 Å². The van der Waals surface area contributed by atoms with Crippen LogP contribution in [0, 0.1) is 0 Å². The van der Waals surface area contributed by atoms with Gasteiger partial charge < -0.3 is 9.84 Å². The van der Waals surface area contributed by atoms with Gasteiger partial charge in [0.1, 0.15) is 0 Å². The third-order valence-corrected chi connectivity index (χ3v) is 6.13. The van der Waals surface area contributed by atoms with Crippen molar-refractivity contribution in [3.63, 3.8) is 0 Å². The molecule has 1 atom stereocenters. The van der Waals surface area contributed by atoms with Crippen molar-refractivity contribution in [2.24, 2.45) is 0 Å². The van der Waals surface area contributed by atoms with Gasteiger partial charge in [0.25, 0.3) is 0 Å². The molecule has 0 saturated carbocycles. The Balaban J connectivity index is 1.57. The Hall–Kier alpha value is -0.240. The summed E-state index contributed by atoms with van der Waals surface area (Å²) >= 11 is 3.93. The normalized spacial score (nSPS) is 26.2. The van der Waals surface area contributed by atoms with E-state index in [1.807, 2.05) is 23.5 Å². The van der Waals surface area contributed by atoms with Crippen LogP contribution < -0.4 is 5.32 Å². The molecule has 1 aromatic heterocycles. The summed E-state index contributed by atoms with van der Waals surface area (Å²) in [6, 6.07) is 0. The zero-order chi connectivity index (χ0) is 12.9. The Bertz CT molecular complexity index is 387. The second-order valence-electron chi connectivity index (χ2n) is 4.86. The lowest BCUT2D eigenvalue weighted by Crippen LogP contribution is -2.27. The third-order valence-electron chi connectivity index (χ3n) is 3.38. The Labute approximate surface area is 122 Å². The molecule has 2 saturated heterocycles. The first-order valence-electron chi connectivity index (χ1n) is 6.87. The lowest BCUT2D eigenvalue weighted by Gasteiger charge is -2.17. The number of hydrogen-bond acceptors (Lipinski definition) is 7. The maximum absolute atomic E-state index is 5.42. The number of thioether (sulfide) groups is 2. The Morgan fingerprint density at radius 2 is 2.32 bits per heavy atom. The molecule has 0 aliphatic carbocycles. The molecule has 106 valence electrons. The van der Waals surface area contributed by atoms with Crippen molar-refractivity contribution >= 4 is 23.5 Å². The summed E-state index contributed by atoms with van der Waals surface area (Å²) < 4.78 is 5.42. The van der Waals surface area contributed by atoms with Crippen LogP contribution in [0.4, 0.5) is 0 Å². The summed E-state index contributed by atoms with van der Waals surface area (Å²) in [6.45, 7) is 5.13. The van der Waals surface area contributed by atoms with Gasteiger partial charge in [-0.25, -0.2) is 0 Å². The fourth-order valence-corrected chi connectivity index (χ4v) is 4.94. The zero-order valence-corrected chi connectivity index (χ0v) is 12.6. The van der Waals surface area contributed by atoms with Crippen molar-refractivity contribution in [3.05, 3.63) is 11.7 Å². The van der Waals surface area contributed by atoms with Crippen LogP contribution >= 0.6 is 23.5 Å². The van der Waals surface area contributed by atoms with E-state index in [9.17, 15) is 0 Å². The van der Waals surface area contributed by atoms with E-state index in [-0.39, 0.29) is 0 Å². The van der Waals surface area contributed by atoms with Crippen LogP contribution in [0.15, 0.2) is 4.52 Å². The average Bonchev–Trinajstić information content (AvgIpc) is 2.76. The van der Waals surface area contributed by atoms with Crippen molar-refractivity contribution in [3.8, 4) is 0 Å². The molecule has 3 heterocycles. The first-order chi connectivity index (χ1) is 9.42. The molecule has 0 bridgehead atoms. The van der Waals surface area contributed by atoms with E-state index in [2.05, 4.69) is 20.4 Å². The number of hydrogen-bond donors (Lipinski definition) is 1. The molecule has 0 amide bonds. The first-order valence-corrected chi connectivity index (χ1v) is 9.07. The molecule has 1 aromatic rings. The molecular formula is C12H20N4OS2. The van der Waals surface area contributed by atoms with Gasteiger partial charge in [-0.05, 0) is 19.5 Å². The van der Waals surface area contributed by atoms with Crippen molar-refractivity contribution in [2.75, 3.05) is 43.4 Å². The Kier molecular flexibility index (Phi) is 5.03. The van der Waals surface area contributed by atoms with Gasteiger partial charge in [-0.2, -0.15) is 16.7 Å². The molecule has 2 aliphatic rings. The van der Waals surface area contributed by atoms with Gasteiger partial charge in [-0.3, -0.25) is 4.90 Å². The molecule has 7 heteroatoms. The van der Waals surface area contributed by atoms with Crippen molar-refractivity contribution in [1.29, 1.82) is 0 Å². The highest BCUT2D eigenvalue weighted by molar-refractivity contribution is 8.06. The quantitative estimate of drug-likeness (QED) is 0.905. The number of nitrogens with one attached hydrogen (secondary N) is 1. The van der Waals surface area contributed by atoms with Crippen LogP contribution in [-0.2, 0) is 6.54 Å². The summed E-state index contributed by atoms with van der Waals surface area (Å²) in [5.41, 5.74) is 0. The molecule has 0 spiro atoms. The van der Waals surface area contributed by atoms with Crippen LogP contribution in [0.3, 0.4) is 0 Å². The Morgan fingerprint density at radius 3 is 3.21 bits per heavy atom. The van der Waals surface area contributed by atoms with Gasteiger partial charge in [0.2, 0.25) is 5.89 Å². The maximum atomic E-state index is 5.42. The van der Waals surface area contributed by atoms with Gasteiger partial charge in [-0.15, -0.1) is 11.8 Å². The minimum Gasteiger partial charge on any atom is -0.338 e. The highest BCUT2D eigenvalue weighted by Crippen LogP contribution is 2.35. The topological polar surface area (TPSA) is 54.2 Å². The largest absolute Gasteiger partial charge is 0.338 e. The Morgan fingerprint density at radius 1 is 1.32 bits per heavy atom. The summed E-state index contributed by atoms with van der Waals surface area (Å²) in [5, 5.41) is 7.99.